The van der Waals surface area contributed by atoms with Crippen LogP contribution >= 0.6 is 47.0 Å². The summed E-state index contributed by atoms with van der Waals surface area (Å²) < 4.78 is 0.794. The first-order valence-corrected chi connectivity index (χ1v) is 34.7. The molecule has 0 fully saturated rings. The van der Waals surface area contributed by atoms with Gasteiger partial charge in [0.1, 0.15) is 15.9 Å². The highest BCUT2D eigenvalue weighted by atomic mass is 32.2. The van der Waals surface area contributed by atoms with Crippen molar-refractivity contribution < 1.29 is 33.8 Å². The number of carbonyl (C=O) groups excluding carboxylic acids is 4. The number of nitrogens with one attached hydrogen (secondary N) is 1. The van der Waals surface area contributed by atoms with E-state index in [0.29, 0.717) is 28.1 Å². The molecule has 512 valence electrons. The number of fused-ring (bicyclic) bond motifs is 5. The van der Waals surface area contributed by atoms with E-state index < -0.39 is 5.97 Å². The molecule has 21 heteroatoms. The van der Waals surface area contributed by atoms with Crippen molar-refractivity contribution in [2.75, 3.05) is 68.8 Å². The van der Waals surface area contributed by atoms with Gasteiger partial charge in [0, 0.05) is 85.2 Å². The molecule has 17 nitrogen and oxygen atoms in total. The molecule has 5 aromatic heterocycles. The minimum Gasteiger partial charge on any atom is -0.618 e. The van der Waals surface area contributed by atoms with E-state index in [1.54, 1.807) is 41.6 Å². The predicted octanol–water partition coefficient (Wildman–Crippen LogP) is 16.3. The number of para-hydroxylation sites is 6. The first-order valence-electron chi connectivity index (χ1n) is 30.8. The molecule has 10 aromatic rings. The lowest BCUT2D eigenvalue weighted by molar-refractivity contribution is -0.645. The lowest BCUT2D eigenvalue weighted by atomic mass is 10.0. The first-order chi connectivity index (χ1) is 45.6. The quantitative estimate of drug-likeness (QED) is 0.0589. The number of rotatable bonds is 14. The van der Waals surface area contributed by atoms with E-state index in [0.717, 1.165) is 131 Å². The summed E-state index contributed by atoms with van der Waals surface area (Å²) in [4.78, 5) is 89.9. The van der Waals surface area contributed by atoms with Crippen LogP contribution in [0.15, 0.2) is 227 Å². The van der Waals surface area contributed by atoms with Crippen LogP contribution in [0.2, 0.25) is 0 Å². The fraction of sp³-hybridized carbons (Fsp3) is 0.273. The molecule has 98 heavy (non-hydrogen) atoms. The number of pyridine rings is 4. The Balaban J connectivity index is 0.000000205. The van der Waals surface area contributed by atoms with Crippen LogP contribution in [0, 0.1) is 5.21 Å². The van der Waals surface area contributed by atoms with Gasteiger partial charge in [-0.2, -0.15) is 4.73 Å². The lowest BCUT2D eigenvalue weighted by Crippen LogP contribution is -2.37. The average molecular weight is 1390 g/mol. The van der Waals surface area contributed by atoms with Gasteiger partial charge in [0.05, 0.1) is 44.6 Å². The normalized spacial score (nSPS) is 12.9. The van der Waals surface area contributed by atoms with E-state index in [1.807, 2.05) is 148 Å². The van der Waals surface area contributed by atoms with Crippen LogP contribution in [0.5, 0.6) is 0 Å². The first kappa shape index (κ1) is 77.7. The Bertz CT molecular complexity index is 4220. The maximum absolute atomic E-state index is 13.0. The lowest BCUT2D eigenvalue weighted by Gasteiger charge is -2.29. The van der Waals surface area contributed by atoms with E-state index in [1.165, 1.54) is 87.8 Å². The highest BCUT2D eigenvalue weighted by Gasteiger charge is 2.27. The third-order valence-electron chi connectivity index (χ3n) is 15.8. The zero-order chi connectivity index (χ0) is 64.3. The number of nitrogens with zero attached hydrogens (tertiary/aromatic N) is 9. The van der Waals surface area contributed by atoms with E-state index in [9.17, 15) is 29.2 Å². The van der Waals surface area contributed by atoms with Gasteiger partial charge in [-0.1, -0.05) is 163 Å². The Morgan fingerprint density at radius 1 is 0.439 bits per heavy atom. The van der Waals surface area contributed by atoms with Crippen molar-refractivity contribution in [1.29, 1.82) is 0 Å². The van der Waals surface area contributed by atoms with E-state index in [-0.39, 0.29) is 77.8 Å². The summed E-state index contributed by atoms with van der Waals surface area (Å²) in [6.07, 6.45) is 14.6. The number of aryl methyl sites for hydroxylation is 4. The number of aromatic nitrogens is 6. The molecule has 0 spiro atoms. The Labute approximate surface area is 593 Å². The molecule has 0 saturated heterocycles. The smallest absolute Gasteiger partial charge is 0.338 e. The SMILES string of the molecule is C.C.C.C.C.O=C(CSc1cccc[n+]1[O-])N1CCCc2ccccc21.O=C(CSc1ccccn1)N1CCCc2ccccc21.O=C(CSc1ncccc1-c1nc2ccccc2[nH]1)N1CCCc2ccccc21.O=C(O)c1cccnc1SCC(=O)N1CCCc2ccccc21. The highest BCUT2D eigenvalue weighted by Crippen LogP contribution is 2.34. The number of aromatic carboxylic acids is 1. The number of carboxylic acid groups (broad SMARTS) is 1. The maximum atomic E-state index is 13.0. The fourth-order valence-corrected chi connectivity index (χ4v) is 14.7. The number of carbonyl (C=O) groups is 5. The number of hydrogen-bond donors (Lipinski definition) is 2. The number of hydrogen-bond acceptors (Lipinski definition) is 14. The second kappa shape index (κ2) is 38.6. The number of imidazole rings is 1. The van der Waals surface area contributed by atoms with Crippen LogP contribution in [-0.4, -0.2) is 109 Å². The third-order valence-corrected chi connectivity index (χ3v) is 19.8. The van der Waals surface area contributed by atoms with Crippen LogP contribution < -0.4 is 24.3 Å². The van der Waals surface area contributed by atoms with Crippen molar-refractivity contribution in [2.24, 2.45) is 0 Å². The Kier molecular flexibility index (Phi) is 30.6. The van der Waals surface area contributed by atoms with Gasteiger partial charge in [0.25, 0.3) is 5.03 Å². The van der Waals surface area contributed by atoms with Gasteiger partial charge in [-0.15, -0.1) is 0 Å². The maximum Gasteiger partial charge on any atom is 0.338 e. The Morgan fingerprint density at radius 2 is 0.847 bits per heavy atom. The van der Waals surface area contributed by atoms with Crippen molar-refractivity contribution in [1.82, 2.24) is 24.9 Å². The van der Waals surface area contributed by atoms with Crippen molar-refractivity contribution in [2.45, 2.75) is 109 Å². The minimum atomic E-state index is -1.03. The molecule has 4 aliphatic rings. The summed E-state index contributed by atoms with van der Waals surface area (Å²) in [6, 6.07) is 58.2. The molecule has 9 heterocycles. The molecule has 5 aromatic carbocycles. The summed E-state index contributed by atoms with van der Waals surface area (Å²) >= 11 is 5.41. The number of anilines is 4. The zero-order valence-corrected chi connectivity index (χ0v) is 54.3. The van der Waals surface area contributed by atoms with Gasteiger partial charge in [-0.05, 0) is 164 Å². The van der Waals surface area contributed by atoms with Gasteiger partial charge in [0.15, 0.2) is 6.20 Å². The number of aromatic amines is 1. The standard InChI is InChI=1S/C23H20N4OS.C17H16N2O3S.C16H16N2O2S.C16H16N2OS.5CH4/c28-21(27-14-6-8-16-7-1-4-12-20(16)27)15-29-23-17(9-5-13-24-23)22-25-18-10-2-3-11-19(18)26-22;20-15(11-23-16-13(17(21)22)7-3-9-18-16)19-10-4-6-12-5-1-2-8-14(12)19;19-15(12-21-16-9-3-4-11-18(16)20)17-10-5-7-13-6-1-2-8-14(13)17;19-16(12-20-15-9-3-4-10-17-15)18-11-5-7-13-6-1-2-8-14(13)18;;;;;/h1-5,7,9-13H,6,8,14-15H2,(H,25,26);1-3,5,7-9H,4,6,10-11H2,(H,21,22);1-4,6,8-9,11H,5,7,10,12H2;1-4,6,8-10H,5,7,11-12H2;5*1H4. The molecule has 0 aliphatic carbocycles. The summed E-state index contributed by atoms with van der Waals surface area (Å²) in [5.74, 6) is 1.28. The molecular formula is C77H88N10O7S4. The van der Waals surface area contributed by atoms with Gasteiger partial charge in [-0.3, -0.25) is 19.2 Å². The summed E-state index contributed by atoms with van der Waals surface area (Å²) in [7, 11) is 0. The Hall–Kier alpha value is -9.28. The van der Waals surface area contributed by atoms with Crippen molar-refractivity contribution in [3.8, 4) is 11.4 Å². The van der Waals surface area contributed by atoms with Crippen LogP contribution in [-0.2, 0) is 44.9 Å². The molecule has 4 aliphatic heterocycles. The van der Waals surface area contributed by atoms with Crippen molar-refractivity contribution in [3.63, 3.8) is 0 Å². The fourth-order valence-electron chi connectivity index (χ4n) is 11.4. The monoisotopic (exact) mass is 1390 g/mol. The molecule has 0 bridgehead atoms. The number of H-pyrrole nitrogens is 1. The van der Waals surface area contributed by atoms with E-state index >= 15 is 0 Å². The third kappa shape index (κ3) is 19.9. The van der Waals surface area contributed by atoms with Gasteiger partial charge >= 0.3 is 5.97 Å². The summed E-state index contributed by atoms with van der Waals surface area (Å²) in [5, 5.41) is 23.4. The van der Waals surface area contributed by atoms with Crippen LogP contribution in [0.4, 0.5) is 22.7 Å². The number of thioether (sulfide) groups is 4. The average Bonchev–Trinajstić information content (AvgIpc) is 1.48. The Morgan fingerprint density at radius 3 is 1.32 bits per heavy atom. The molecule has 2 N–H and O–H groups in total. The number of amides is 4. The molecular weight excluding hydrogens is 1310 g/mol. The number of benzene rings is 5. The van der Waals surface area contributed by atoms with E-state index in [4.69, 9.17) is 5.11 Å². The molecule has 0 saturated carbocycles. The topological polar surface area (TPSA) is 213 Å². The molecule has 0 atom stereocenters. The summed E-state index contributed by atoms with van der Waals surface area (Å²) in [5.41, 5.74) is 12.0. The minimum absolute atomic E-state index is 0. The molecule has 14 rings (SSSR count). The van der Waals surface area contributed by atoms with E-state index in [2.05, 4.69) is 43.1 Å². The van der Waals surface area contributed by atoms with Gasteiger partial charge in [-0.25, -0.2) is 24.7 Å². The zero-order valence-electron chi connectivity index (χ0n) is 51.0. The van der Waals surface area contributed by atoms with Gasteiger partial charge in [0.2, 0.25) is 23.6 Å². The van der Waals surface area contributed by atoms with Gasteiger partial charge < -0.3 is 34.9 Å². The second-order valence-electron chi connectivity index (χ2n) is 21.9. The molecule has 0 unspecified atom stereocenters. The van der Waals surface area contributed by atoms with Crippen LogP contribution in [0.1, 0.15) is 95.4 Å². The largest absolute Gasteiger partial charge is 0.618 e. The number of carboxylic acids is 1. The molecule has 4 amide bonds. The second-order valence-corrected chi connectivity index (χ2v) is 25.8. The summed E-state index contributed by atoms with van der Waals surface area (Å²) in [6.45, 7) is 3.04. The molecule has 0 radical (unpaired) electrons. The highest BCUT2D eigenvalue weighted by molar-refractivity contribution is 8.00. The van der Waals surface area contributed by atoms with Crippen molar-refractivity contribution in [3.05, 3.63) is 240 Å². The van der Waals surface area contributed by atoms with Crippen LogP contribution in [0.3, 0.4) is 0 Å². The van der Waals surface area contributed by atoms with Crippen LogP contribution in [0.25, 0.3) is 22.4 Å². The predicted molar refractivity (Wildman–Crippen MR) is 405 cm³/mol. The van der Waals surface area contributed by atoms with Crippen molar-refractivity contribution >= 4 is 110 Å².